The second-order valence-electron chi connectivity index (χ2n) is 7.86. The molecule has 154 valence electrons. The molecule has 2 aliphatic rings. The zero-order valence-electron chi connectivity index (χ0n) is 16.6. The van der Waals surface area contributed by atoms with E-state index in [9.17, 15) is 14.7 Å². The lowest BCUT2D eigenvalue weighted by atomic mass is 9.78. The van der Waals surface area contributed by atoms with Crippen LogP contribution in [0.3, 0.4) is 0 Å². The Morgan fingerprint density at radius 2 is 1.96 bits per heavy atom. The number of amides is 2. The number of nitrogens with zero attached hydrogens (tertiary/aromatic N) is 1. The Kier molecular flexibility index (Phi) is 6.69. The number of carbonyl (C=O) groups excluding carboxylic acids is 2. The number of rotatable bonds is 5. The Morgan fingerprint density at radius 3 is 2.61 bits per heavy atom. The Labute approximate surface area is 166 Å². The number of methoxy groups -OCH3 is 1. The molecule has 1 aromatic rings. The van der Waals surface area contributed by atoms with Crippen molar-refractivity contribution in [3.05, 3.63) is 35.9 Å². The summed E-state index contributed by atoms with van der Waals surface area (Å²) in [7, 11) is 1.45. The van der Waals surface area contributed by atoms with E-state index >= 15 is 0 Å². The molecule has 2 N–H and O–H groups in total. The number of hydrogen-bond acceptors (Lipinski definition) is 5. The first-order chi connectivity index (χ1) is 13.4. The smallest absolute Gasteiger partial charge is 0.246 e. The molecule has 0 bridgehead atoms. The minimum absolute atomic E-state index is 0.0682. The van der Waals surface area contributed by atoms with Gasteiger partial charge in [0, 0.05) is 32.8 Å². The molecule has 0 saturated carbocycles. The third-order valence-electron chi connectivity index (χ3n) is 5.77. The monoisotopic (exact) mass is 390 g/mol. The largest absolute Gasteiger partial charge is 0.388 e. The van der Waals surface area contributed by atoms with Crippen LogP contribution >= 0.6 is 0 Å². The van der Waals surface area contributed by atoms with Gasteiger partial charge in [0.25, 0.3) is 0 Å². The highest BCUT2D eigenvalue weighted by Gasteiger charge is 2.48. The van der Waals surface area contributed by atoms with Crippen molar-refractivity contribution in [2.45, 2.75) is 43.9 Å². The van der Waals surface area contributed by atoms with Crippen molar-refractivity contribution in [2.75, 3.05) is 33.5 Å². The van der Waals surface area contributed by atoms with Gasteiger partial charge in [0.05, 0.1) is 17.7 Å². The minimum Gasteiger partial charge on any atom is -0.388 e. The average Bonchev–Trinajstić information content (AvgIpc) is 2.70. The Morgan fingerprint density at radius 1 is 1.29 bits per heavy atom. The molecule has 0 unspecified atom stereocenters. The van der Waals surface area contributed by atoms with Gasteiger partial charge in [-0.05, 0) is 31.7 Å². The number of likely N-dealkylation sites (tertiary alicyclic amines) is 1. The van der Waals surface area contributed by atoms with Crippen LogP contribution in [-0.4, -0.2) is 66.9 Å². The Hall–Kier alpha value is -1.96. The van der Waals surface area contributed by atoms with Crippen LogP contribution in [0, 0.1) is 5.92 Å². The molecule has 3 rings (SSSR count). The molecule has 2 saturated heterocycles. The van der Waals surface area contributed by atoms with E-state index in [0.717, 1.165) is 5.56 Å². The lowest BCUT2D eigenvalue weighted by Gasteiger charge is -2.50. The second-order valence-corrected chi connectivity index (χ2v) is 7.86. The molecule has 7 nitrogen and oxygen atoms in total. The SMILES string of the molecule is COCC(=O)N[C@H]1[C@H](c2ccccc2)N(C(=O)C2CCOCC2)CC[C@@]1(C)O. The quantitative estimate of drug-likeness (QED) is 0.791. The molecule has 2 heterocycles. The van der Waals surface area contributed by atoms with Gasteiger partial charge in [0.2, 0.25) is 11.8 Å². The fourth-order valence-corrected chi connectivity index (χ4v) is 4.19. The van der Waals surface area contributed by atoms with Crippen molar-refractivity contribution in [3.63, 3.8) is 0 Å². The fourth-order valence-electron chi connectivity index (χ4n) is 4.19. The molecule has 28 heavy (non-hydrogen) atoms. The number of piperidine rings is 1. The number of hydrogen-bond donors (Lipinski definition) is 2. The third-order valence-corrected chi connectivity index (χ3v) is 5.77. The molecule has 2 aliphatic heterocycles. The summed E-state index contributed by atoms with van der Waals surface area (Å²) < 4.78 is 10.3. The number of nitrogens with one attached hydrogen (secondary N) is 1. The standard InChI is InChI=1S/C21H30N2O5/c1-21(26)10-11-23(20(25)16-8-12-28-13-9-16)18(15-6-4-3-5-7-15)19(21)22-17(24)14-27-2/h3-7,16,18-19,26H,8-14H2,1-2H3,(H,22,24)/t18-,19-,21+/m0/s1. The first-order valence-electron chi connectivity index (χ1n) is 9.88. The molecule has 2 amide bonds. The molecule has 0 spiro atoms. The highest BCUT2D eigenvalue weighted by atomic mass is 16.5. The Balaban J connectivity index is 1.94. The number of aliphatic hydroxyl groups is 1. The van der Waals surface area contributed by atoms with Crippen molar-refractivity contribution in [2.24, 2.45) is 5.92 Å². The van der Waals surface area contributed by atoms with Crippen molar-refractivity contribution < 1.29 is 24.2 Å². The molecule has 2 fully saturated rings. The van der Waals surface area contributed by atoms with E-state index in [1.807, 2.05) is 35.2 Å². The summed E-state index contributed by atoms with van der Waals surface area (Å²) >= 11 is 0. The molecule has 0 radical (unpaired) electrons. The van der Waals surface area contributed by atoms with E-state index in [2.05, 4.69) is 5.32 Å². The predicted octanol–water partition coefficient (Wildman–Crippen LogP) is 1.27. The van der Waals surface area contributed by atoms with Crippen LogP contribution in [0.15, 0.2) is 30.3 Å². The summed E-state index contributed by atoms with van der Waals surface area (Å²) in [4.78, 5) is 27.5. The highest BCUT2D eigenvalue weighted by molar-refractivity contribution is 5.81. The van der Waals surface area contributed by atoms with Crippen molar-refractivity contribution in [1.29, 1.82) is 0 Å². The van der Waals surface area contributed by atoms with Gasteiger partial charge in [-0.2, -0.15) is 0 Å². The van der Waals surface area contributed by atoms with Gasteiger partial charge in [-0.1, -0.05) is 30.3 Å². The molecule has 7 heteroatoms. The summed E-state index contributed by atoms with van der Waals surface area (Å²) in [5.41, 5.74) is -0.248. The number of benzene rings is 1. The average molecular weight is 390 g/mol. The fraction of sp³-hybridized carbons (Fsp3) is 0.619. The molecule has 0 aliphatic carbocycles. The maximum Gasteiger partial charge on any atom is 0.246 e. The molecular formula is C21H30N2O5. The van der Waals surface area contributed by atoms with Gasteiger partial charge in [-0.25, -0.2) is 0 Å². The van der Waals surface area contributed by atoms with E-state index < -0.39 is 17.7 Å². The maximum atomic E-state index is 13.4. The maximum absolute atomic E-state index is 13.4. The van der Waals surface area contributed by atoms with E-state index in [1.54, 1.807) is 6.92 Å². The zero-order chi connectivity index (χ0) is 20.1. The highest BCUT2D eigenvalue weighted by Crippen LogP contribution is 2.38. The lowest BCUT2D eigenvalue weighted by Crippen LogP contribution is -2.64. The predicted molar refractivity (Wildman–Crippen MR) is 103 cm³/mol. The first kappa shape index (κ1) is 20.8. The summed E-state index contributed by atoms with van der Waals surface area (Å²) in [5.74, 6) is -0.328. The lowest BCUT2D eigenvalue weighted by molar-refractivity contribution is -0.152. The van der Waals surface area contributed by atoms with E-state index in [-0.39, 0.29) is 24.3 Å². The van der Waals surface area contributed by atoms with Gasteiger partial charge in [-0.3, -0.25) is 9.59 Å². The van der Waals surface area contributed by atoms with E-state index in [4.69, 9.17) is 9.47 Å². The minimum atomic E-state index is -1.14. The summed E-state index contributed by atoms with van der Waals surface area (Å²) in [6.07, 6.45) is 1.80. The van der Waals surface area contributed by atoms with E-state index in [0.29, 0.717) is 39.0 Å². The summed E-state index contributed by atoms with van der Waals surface area (Å²) in [5, 5.41) is 14.0. The van der Waals surface area contributed by atoms with Crippen molar-refractivity contribution in [1.82, 2.24) is 10.2 Å². The zero-order valence-corrected chi connectivity index (χ0v) is 16.6. The van der Waals surface area contributed by atoms with Gasteiger partial charge >= 0.3 is 0 Å². The van der Waals surface area contributed by atoms with Crippen LogP contribution in [0.25, 0.3) is 0 Å². The summed E-state index contributed by atoms with van der Waals surface area (Å²) in [6, 6.07) is 8.52. The third kappa shape index (κ3) is 4.54. The van der Waals surface area contributed by atoms with Gasteiger partial charge < -0.3 is 24.8 Å². The van der Waals surface area contributed by atoms with Gasteiger partial charge in [-0.15, -0.1) is 0 Å². The van der Waals surface area contributed by atoms with Crippen LogP contribution in [-0.2, 0) is 19.1 Å². The molecule has 1 aromatic carbocycles. The molecule has 0 aromatic heterocycles. The van der Waals surface area contributed by atoms with Gasteiger partial charge in [0.15, 0.2) is 0 Å². The van der Waals surface area contributed by atoms with Crippen LogP contribution in [0.1, 0.15) is 37.8 Å². The van der Waals surface area contributed by atoms with Crippen LogP contribution in [0.5, 0.6) is 0 Å². The first-order valence-corrected chi connectivity index (χ1v) is 9.88. The topological polar surface area (TPSA) is 88.1 Å². The second kappa shape index (κ2) is 9.03. The summed E-state index contributed by atoms with van der Waals surface area (Å²) in [6.45, 7) is 3.25. The van der Waals surface area contributed by atoms with Crippen molar-refractivity contribution in [3.8, 4) is 0 Å². The van der Waals surface area contributed by atoms with Gasteiger partial charge in [0.1, 0.15) is 6.61 Å². The molecular weight excluding hydrogens is 360 g/mol. The van der Waals surface area contributed by atoms with Crippen molar-refractivity contribution >= 4 is 11.8 Å². The van der Waals surface area contributed by atoms with Crippen LogP contribution < -0.4 is 5.32 Å². The molecule has 3 atom stereocenters. The number of carbonyl (C=O) groups is 2. The van der Waals surface area contributed by atoms with Crippen LogP contribution in [0.4, 0.5) is 0 Å². The van der Waals surface area contributed by atoms with Crippen LogP contribution in [0.2, 0.25) is 0 Å². The van der Waals surface area contributed by atoms with E-state index in [1.165, 1.54) is 7.11 Å². The normalized spacial score (nSPS) is 28.8. The Bertz CT molecular complexity index is 673. The number of ether oxygens (including phenoxy) is 2.